The number of rotatable bonds is 8. The molecular weight excluding hydrogens is 397 g/mol. The summed E-state index contributed by atoms with van der Waals surface area (Å²) < 4.78 is 5.57. The minimum Gasteiger partial charge on any atom is -0.535 e. The van der Waals surface area contributed by atoms with Gasteiger partial charge in [-0.2, -0.15) is 0 Å². The van der Waals surface area contributed by atoms with Gasteiger partial charge in [-0.1, -0.05) is 17.3 Å². The second-order valence-electron chi connectivity index (χ2n) is 6.52. The summed E-state index contributed by atoms with van der Waals surface area (Å²) in [5.74, 6) is -0.771. The van der Waals surface area contributed by atoms with Crippen molar-refractivity contribution < 1.29 is 29.2 Å². The highest BCUT2D eigenvalue weighted by molar-refractivity contribution is 7.13. The van der Waals surface area contributed by atoms with Crippen molar-refractivity contribution in [3.05, 3.63) is 40.4 Å². The summed E-state index contributed by atoms with van der Waals surface area (Å²) in [7, 11) is -1.26. The van der Waals surface area contributed by atoms with Crippen LogP contribution in [-0.2, 0) is 16.1 Å². The molecule has 0 aliphatic carbocycles. The molecule has 152 valence electrons. The lowest BCUT2D eigenvalue weighted by molar-refractivity contribution is -0.113. The molecule has 0 fully saturated rings. The number of nitrogens with zero attached hydrogens (tertiary/aromatic N) is 2. The smallest absolute Gasteiger partial charge is 0.526 e. The van der Waals surface area contributed by atoms with Crippen molar-refractivity contribution in [2.45, 2.75) is 25.6 Å². The molecule has 11 heteroatoms. The van der Waals surface area contributed by atoms with Gasteiger partial charge in [0, 0.05) is 17.6 Å². The van der Waals surface area contributed by atoms with E-state index in [-0.39, 0.29) is 42.0 Å². The number of carbonyl (C=O) groups is 2. The minimum absolute atomic E-state index is 0.0399. The van der Waals surface area contributed by atoms with Crippen molar-refractivity contribution in [3.63, 3.8) is 0 Å². The number of benzene rings is 1. The SMILES string of the molecule is CC(=O)c1cccc2c1OB(O)[C@@H](CC(=O)/C(=N\OCCO)c1csc(N)n1)C2. The lowest BCUT2D eigenvalue weighted by Gasteiger charge is -2.28. The second-order valence-corrected chi connectivity index (χ2v) is 7.41. The topological polar surface area (TPSA) is 144 Å². The van der Waals surface area contributed by atoms with Crippen molar-refractivity contribution in [2.75, 3.05) is 18.9 Å². The standard InChI is InChI=1S/C18H20BN3O6S/c1-10(24)13-4-2-3-11-7-12(19(26)28-17(11)13)8-15(25)16(22-27-6-5-23)14-9-29-18(20)21-14/h2-4,9,12,23,26H,5-8H2,1H3,(H2,20,21)/b22-16-/t12-/m1/s1. The molecule has 9 nitrogen and oxygen atoms in total. The molecule has 1 aromatic carbocycles. The van der Waals surface area contributed by atoms with Gasteiger partial charge >= 0.3 is 7.12 Å². The van der Waals surface area contributed by atoms with E-state index in [2.05, 4.69) is 10.1 Å². The number of hydrogen-bond donors (Lipinski definition) is 3. The number of aliphatic hydroxyl groups is 1. The molecule has 0 radical (unpaired) electrons. The Morgan fingerprint density at radius 2 is 2.28 bits per heavy atom. The van der Waals surface area contributed by atoms with Crippen molar-refractivity contribution in [2.24, 2.45) is 5.16 Å². The first-order valence-electron chi connectivity index (χ1n) is 8.93. The zero-order valence-electron chi connectivity index (χ0n) is 15.7. The first kappa shape index (κ1) is 21.0. The molecule has 2 aromatic rings. The average molecular weight is 417 g/mol. The Bertz CT molecular complexity index is 947. The van der Waals surface area contributed by atoms with E-state index in [4.69, 9.17) is 20.3 Å². The molecule has 2 heterocycles. The van der Waals surface area contributed by atoms with Gasteiger partial charge in [0.25, 0.3) is 0 Å². The highest BCUT2D eigenvalue weighted by Crippen LogP contribution is 2.36. The van der Waals surface area contributed by atoms with E-state index in [0.29, 0.717) is 17.7 Å². The highest BCUT2D eigenvalue weighted by Gasteiger charge is 2.38. The molecule has 3 rings (SSSR count). The predicted molar refractivity (Wildman–Crippen MR) is 108 cm³/mol. The Balaban J connectivity index is 1.80. The number of carbonyl (C=O) groups excluding carboxylic acids is 2. The number of aliphatic hydroxyl groups excluding tert-OH is 1. The number of nitrogen functional groups attached to an aromatic ring is 1. The van der Waals surface area contributed by atoms with Gasteiger partial charge in [-0.15, -0.1) is 11.3 Å². The molecule has 1 atom stereocenters. The van der Waals surface area contributed by atoms with Crippen LogP contribution in [0.15, 0.2) is 28.7 Å². The number of ketones is 2. The van der Waals surface area contributed by atoms with Crippen LogP contribution in [0.2, 0.25) is 5.82 Å². The maximum Gasteiger partial charge on any atom is 0.526 e. The molecule has 0 amide bonds. The third-order valence-electron chi connectivity index (χ3n) is 4.41. The molecule has 1 aliphatic rings. The van der Waals surface area contributed by atoms with Crippen LogP contribution >= 0.6 is 11.3 Å². The van der Waals surface area contributed by atoms with Gasteiger partial charge in [0.05, 0.1) is 12.2 Å². The predicted octanol–water partition coefficient (Wildman–Crippen LogP) is 1.09. The molecule has 1 aromatic heterocycles. The minimum atomic E-state index is -1.26. The van der Waals surface area contributed by atoms with E-state index in [1.54, 1.807) is 23.6 Å². The molecule has 4 N–H and O–H groups in total. The largest absolute Gasteiger partial charge is 0.535 e. The second kappa shape index (κ2) is 9.16. The first-order chi connectivity index (χ1) is 13.9. The molecule has 0 saturated heterocycles. The fourth-order valence-corrected chi connectivity index (χ4v) is 3.61. The number of hydrogen-bond acceptors (Lipinski definition) is 10. The Hall–Kier alpha value is -2.76. The van der Waals surface area contributed by atoms with Crippen molar-refractivity contribution in [3.8, 4) is 5.75 Å². The van der Waals surface area contributed by atoms with Crippen molar-refractivity contribution in [1.29, 1.82) is 0 Å². The molecule has 0 saturated carbocycles. The Morgan fingerprint density at radius 1 is 1.48 bits per heavy atom. The highest BCUT2D eigenvalue weighted by atomic mass is 32.1. The summed E-state index contributed by atoms with van der Waals surface area (Å²) in [4.78, 5) is 33.7. The number of para-hydroxylation sites is 1. The Morgan fingerprint density at radius 3 is 2.93 bits per heavy atom. The van der Waals surface area contributed by atoms with Gasteiger partial charge in [0.1, 0.15) is 18.1 Å². The van der Waals surface area contributed by atoms with Crippen molar-refractivity contribution in [1.82, 2.24) is 4.98 Å². The molecular formula is C18H20BN3O6S. The number of Topliss-reactive ketones (excluding diaryl/α,β-unsaturated/α-hetero) is 2. The van der Waals surface area contributed by atoms with Gasteiger partial charge in [0.2, 0.25) is 0 Å². The fourth-order valence-electron chi connectivity index (χ4n) is 3.06. The lowest BCUT2D eigenvalue weighted by Crippen LogP contribution is -2.36. The summed E-state index contributed by atoms with van der Waals surface area (Å²) in [6.07, 6.45) is 0.275. The number of fused-ring (bicyclic) bond motifs is 1. The normalized spacial score (nSPS) is 16.2. The van der Waals surface area contributed by atoms with Crippen molar-refractivity contribution >= 4 is 40.9 Å². The maximum atomic E-state index is 12.9. The summed E-state index contributed by atoms with van der Waals surface area (Å²) in [5, 5.41) is 24.9. The number of nitrogens with two attached hydrogens (primary N) is 1. The third-order valence-corrected chi connectivity index (χ3v) is 5.09. The summed E-state index contributed by atoms with van der Waals surface area (Å²) in [6.45, 7) is 1.09. The van der Waals surface area contributed by atoms with E-state index in [9.17, 15) is 14.6 Å². The van der Waals surface area contributed by atoms with Crippen LogP contribution in [0.3, 0.4) is 0 Å². The quantitative estimate of drug-likeness (QED) is 0.190. The van der Waals surface area contributed by atoms with Crippen LogP contribution in [0.4, 0.5) is 5.13 Å². The molecule has 0 bridgehead atoms. The Labute approximate surface area is 171 Å². The summed E-state index contributed by atoms with van der Waals surface area (Å²) >= 11 is 1.15. The zero-order valence-corrected chi connectivity index (χ0v) is 16.5. The van der Waals surface area contributed by atoms with E-state index in [0.717, 1.165) is 16.9 Å². The average Bonchev–Trinajstić information content (AvgIpc) is 3.11. The molecule has 0 unspecified atom stereocenters. The first-order valence-corrected chi connectivity index (χ1v) is 9.81. The van der Waals surface area contributed by atoms with Crippen LogP contribution in [0.5, 0.6) is 5.75 Å². The van der Waals surface area contributed by atoms with E-state index >= 15 is 0 Å². The lowest BCUT2D eigenvalue weighted by atomic mass is 9.64. The molecule has 0 spiro atoms. The van der Waals surface area contributed by atoms with Crippen LogP contribution in [0, 0.1) is 0 Å². The fraction of sp³-hybridized carbons (Fsp3) is 0.333. The van der Waals surface area contributed by atoms with Crippen LogP contribution in [0.25, 0.3) is 0 Å². The summed E-state index contributed by atoms with van der Waals surface area (Å²) in [6, 6.07) is 5.17. The van der Waals surface area contributed by atoms with E-state index < -0.39 is 18.7 Å². The van der Waals surface area contributed by atoms with E-state index in [1.807, 2.05) is 0 Å². The molecule has 29 heavy (non-hydrogen) atoms. The number of aromatic nitrogens is 1. The van der Waals surface area contributed by atoms with Gasteiger partial charge < -0.3 is 25.4 Å². The van der Waals surface area contributed by atoms with Gasteiger partial charge in [-0.3, -0.25) is 9.59 Å². The number of anilines is 1. The van der Waals surface area contributed by atoms with Crippen LogP contribution < -0.4 is 10.4 Å². The van der Waals surface area contributed by atoms with Gasteiger partial charge in [-0.25, -0.2) is 4.98 Å². The van der Waals surface area contributed by atoms with Crippen LogP contribution in [-0.4, -0.2) is 52.7 Å². The summed E-state index contributed by atoms with van der Waals surface area (Å²) in [5.41, 5.74) is 7.00. The number of thiazole rings is 1. The van der Waals surface area contributed by atoms with Crippen LogP contribution in [0.1, 0.15) is 35.0 Å². The maximum absolute atomic E-state index is 12.9. The molecule has 1 aliphatic heterocycles. The third kappa shape index (κ3) is 4.81. The van der Waals surface area contributed by atoms with E-state index in [1.165, 1.54) is 6.92 Å². The van der Waals surface area contributed by atoms with Gasteiger partial charge in [-0.05, 0) is 25.0 Å². The van der Waals surface area contributed by atoms with Gasteiger partial charge in [0.15, 0.2) is 22.4 Å². The number of oxime groups is 1. The Kier molecular flexibility index (Phi) is 6.62. The zero-order chi connectivity index (χ0) is 21.0. The monoisotopic (exact) mass is 417 g/mol.